The predicted molar refractivity (Wildman–Crippen MR) is 98.3 cm³/mol. The summed E-state index contributed by atoms with van der Waals surface area (Å²) in [6.07, 6.45) is 5.53. The van der Waals surface area contributed by atoms with Crippen LogP contribution in [0.5, 0.6) is 5.75 Å². The molecular formula is C19H28N4O2. The van der Waals surface area contributed by atoms with Gasteiger partial charge in [-0.15, -0.1) is 0 Å². The SMILES string of the molecule is C.CCOc1cccn2c(C(=O)N[C@@H]3CCN(C4CC4)C3)c(C)nc12. The van der Waals surface area contributed by atoms with E-state index in [1.54, 1.807) is 0 Å². The summed E-state index contributed by atoms with van der Waals surface area (Å²) in [6, 6.07) is 4.77. The predicted octanol–water partition coefficient (Wildman–Crippen LogP) is 2.64. The Kier molecular flexibility index (Phi) is 4.99. The van der Waals surface area contributed by atoms with Crippen LogP contribution in [0.1, 0.15) is 49.8 Å². The van der Waals surface area contributed by atoms with Crippen molar-refractivity contribution in [2.45, 2.75) is 52.6 Å². The van der Waals surface area contributed by atoms with Crippen LogP contribution in [0, 0.1) is 6.92 Å². The zero-order valence-corrected chi connectivity index (χ0v) is 14.3. The maximum atomic E-state index is 12.8. The Hall–Kier alpha value is -2.08. The highest BCUT2D eigenvalue weighted by molar-refractivity contribution is 5.95. The number of imidazole rings is 1. The van der Waals surface area contributed by atoms with Crippen LogP contribution in [-0.2, 0) is 0 Å². The molecule has 2 aromatic heterocycles. The average molecular weight is 344 g/mol. The van der Waals surface area contributed by atoms with E-state index in [1.165, 1.54) is 12.8 Å². The van der Waals surface area contributed by atoms with E-state index in [-0.39, 0.29) is 19.4 Å². The molecule has 2 fully saturated rings. The Morgan fingerprint density at radius 3 is 2.92 bits per heavy atom. The quantitative estimate of drug-likeness (QED) is 0.906. The van der Waals surface area contributed by atoms with E-state index >= 15 is 0 Å². The first-order valence-corrected chi connectivity index (χ1v) is 8.82. The van der Waals surface area contributed by atoms with Gasteiger partial charge in [-0.05, 0) is 45.2 Å². The molecule has 6 nitrogen and oxygen atoms in total. The molecule has 0 radical (unpaired) electrons. The molecule has 1 saturated heterocycles. The molecule has 0 spiro atoms. The fourth-order valence-corrected chi connectivity index (χ4v) is 3.63. The molecule has 2 aliphatic rings. The Morgan fingerprint density at radius 1 is 1.40 bits per heavy atom. The molecule has 1 aliphatic carbocycles. The largest absolute Gasteiger partial charge is 0.490 e. The summed E-state index contributed by atoms with van der Waals surface area (Å²) in [7, 11) is 0. The number of carbonyl (C=O) groups excluding carboxylic acids is 1. The number of likely N-dealkylation sites (tertiary alicyclic amines) is 1. The lowest BCUT2D eigenvalue weighted by molar-refractivity contribution is 0.0931. The molecule has 1 aliphatic heterocycles. The standard InChI is InChI=1S/C18H24N4O2.CH4/c1-3-24-15-5-4-9-22-16(12(2)19-17(15)22)18(23)20-13-8-10-21(11-13)14-6-7-14;/h4-5,9,13-14H,3,6-8,10-11H2,1-2H3,(H,20,23);1H4/t13-;/m1./s1. The van der Waals surface area contributed by atoms with Gasteiger partial charge in [-0.25, -0.2) is 4.98 Å². The molecule has 136 valence electrons. The molecule has 0 bridgehead atoms. The third kappa shape index (κ3) is 3.35. The molecule has 4 rings (SSSR count). The van der Waals surface area contributed by atoms with Crippen molar-refractivity contribution >= 4 is 11.6 Å². The Bertz CT molecular complexity index is 766. The van der Waals surface area contributed by atoms with Crippen molar-refractivity contribution < 1.29 is 9.53 Å². The van der Waals surface area contributed by atoms with E-state index in [0.717, 1.165) is 31.2 Å². The van der Waals surface area contributed by atoms with E-state index in [1.807, 2.05) is 36.6 Å². The molecule has 3 heterocycles. The topological polar surface area (TPSA) is 58.9 Å². The van der Waals surface area contributed by atoms with Gasteiger partial charge < -0.3 is 10.1 Å². The lowest BCUT2D eigenvalue weighted by atomic mass is 10.2. The molecule has 2 aromatic rings. The fourth-order valence-electron chi connectivity index (χ4n) is 3.63. The molecule has 1 amide bonds. The normalized spacial score (nSPS) is 20.5. The number of fused-ring (bicyclic) bond motifs is 1. The zero-order chi connectivity index (χ0) is 16.7. The van der Waals surface area contributed by atoms with Crippen LogP contribution in [0.25, 0.3) is 5.65 Å². The summed E-state index contributed by atoms with van der Waals surface area (Å²) >= 11 is 0. The van der Waals surface area contributed by atoms with Gasteiger partial charge in [0.15, 0.2) is 11.4 Å². The van der Waals surface area contributed by atoms with Crippen LogP contribution in [0.2, 0.25) is 0 Å². The van der Waals surface area contributed by atoms with E-state index in [4.69, 9.17) is 4.74 Å². The first-order valence-electron chi connectivity index (χ1n) is 8.82. The number of ether oxygens (including phenoxy) is 1. The summed E-state index contributed by atoms with van der Waals surface area (Å²) in [6.45, 7) is 6.46. The second-order valence-corrected chi connectivity index (χ2v) is 6.73. The van der Waals surface area contributed by atoms with Gasteiger partial charge in [0.1, 0.15) is 5.69 Å². The summed E-state index contributed by atoms with van der Waals surface area (Å²) < 4.78 is 7.46. The number of rotatable bonds is 5. The first-order chi connectivity index (χ1) is 11.7. The number of nitrogens with zero attached hydrogens (tertiary/aromatic N) is 3. The van der Waals surface area contributed by atoms with E-state index in [2.05, 4.69) is 15.2 Å². The Balaban J connectivity index is 0.00000182. The van der Waals surface area contributed by atoms with Crippen LogP contribution >= 0.6 is 0 Å². The van der Waals surface area contributed by atoms with Crippen LogP contribution in [0.3, 0.4) is 0 Å². The summed E-state index contributed by atoms with van der Waals surface area (Å²) in [4.78, 5) is 19.9. The van der Waals surface area contributed by atoms with Gasteiger partial charge >= 0.3 is 0 Å². The third-order valence-electron chi connectivity index (χ3n) is 4.92. The minimum atomic E-state index is -0.0451. The minimum Gasteiger partial charge on any atom is -0.490 e. The highest BCUT2D eigenvalue weighted by atomic mass is 16.5. The Labute approximate surface area is 149 Å². The monoisotopic (exact) mass is 344 g/mol. The molecule has 1 saturated carbocycles. The molecule has 25 heavy (non-hydrogen) atoms. The maximum Gasteiger partial charge on any atom is 0.270 e. The maximum absolute atomic E-state index is 12.8. The number of hydrogen-bond acceptors (Lipinski definition) is 4. The lowest BCUT2D eigenvalue weighted by Crippen LogP contribution is -2.38. The van der Waals surface area contributed by atoms with Crippen LogP contribution in [0.4, 0.5) is 0 Å². The van der Waals surface area contributed by atoms with Gasteiger partial charge in [-0.3, -0.25) is 14.1 Å². The average Bonchev–Trinajstić information content (AvgIpc) is 3.20. The summed E-state index contributed by atoms with van der Waals surface area (Å²) in [5, 5.41) is 3.20. The number of aryl methyl sites for hydroxylation is 1. The Morgan fingerprint density at radius 2 is 2.20 bits per heavy atom. The molecule has 0 aromatic carbocycles. The van der Waals surface area contributed by atoms with Crippen molar-refractivity contribution in [2.24, 2.45) is 0 Å². The first kappa shape index (κ1) is 17.7. The second kappa shape index (κ2) is 7.04. The minimum absolute atomic E-state index is 0. The van der Waals surface area contributed by atoms with Crippen molar-refractivity contribution in [1.29, 1.82) is 0 Å². The molecule has 1 N–H and O–H groups in total. The molecule has 1 atom stereocenters. The van der Waals surface area contributed by atoms with E-state index < -0.39 is 0 Å². The van der Waals surface area contributed by atoms with Gasteiger partial charge in [0.05, 0.1) is 12.3 Å². The van der Waals surface area contributed by atoms with Crippen molar-refractivity contribution in [3.8, 4) is 5.75 Å². The smallest absolute Gasteiger partial charge is 0.270 e. The fraction of sp³-hybridized carbons (Fsp3) is 0.579. The highest BCUT2D eigenvalue weighted by Gasteiger charge is 2.35. The number of aromatic nitrogens is 2. The van der Waals surface area contributed by atoms with Gasteiger partial charge in [0.2, 0.25) is 0 Å². The number of pyridine rings is 1. The third-order valence-corrected chi connectivity index (χ3v) is 4.92. The number of carbonyl (C=O) groups is 1. The number of nitrogens with one attached hydrogen (secondary N) is 1. The van der Waals surface area contributed by atoms with E-state index in [0.29, 0.717) is 23.7 Å². The van der Waals surface area contributed by atoms with Gasteiger partial charge in [-0.2, -0.15) is 0 Å². The zero-order valence-electron chi connectivity index (χ0n) is 14.3. The van der Waals surface area contributed by atoms with Gasteiger partial charge in [0, 0.05) is 31.4 Å². The molecule has 0 unspecified atom stereocenters. The number of amides is 1. The summed E-state index contributed by atoms with van der Waals surface area (Å²) in [5.41, 5.74) is 2.04. The van der Waals surface area contributed by atoms with Crippen molar-refractivity contribution in [3.05, 3.63) is 29.7 Å². The highest BCUT2D eigenvalue weighted by Crippen LogP contribution is 2.30. The van der Waals surface area contributed by atoms with Crippen molar-refractivity contribution in [2.75, 3.05) is 19.7 Å². The van der Waals surface area contributed by atoms with Crippen molar-refractivity contribution in [1.82, 2.24) is 19.6 Å². The molecular weight excluding hydrogens is 316 g/mol. The van der Waals surface area contributed by atoms with Crippen molar-refractivity contribution in [3.63, 3.8) is 0 Å². The number of hydrogen-bond donors (Lipinski definition) is 1. The second-order valence-electron chi connectivity index (χ2n) is 6.73. The molecule has 6 heteroatoms. The van der Waals surface area contributed by atoms with Gasteiger partial charge in [-0.1, -0.05) is 7.43 Å². The van der Waals surface area contributed by atoms with Gasteiger partial charge in [0.25, 0.3) is 5.91 Å². The van der Waals surface area contributed by atoms with Crippen LogP contribution < -0.4 is 10.1 Å². The van der Waals surface area contributed by atoms with Crippen LogP contribution in [0.15, 0.2) is 18.3 Å². The summed E-state index contributed by atoms with van der Waals surface area (Å²) in [5.74, 6) is 0.666. The van der Waals surface area contributed by atoms with E-state index in [9.17, 15) is 4.79 Å². The van der Waals surface area contributed by atoms with Crippen LogP contribution in [-0.4, -0.2) is 52.0 Å². The lowest BCUT2D eigenvalue weighted by Gasteiger charge is -2.16.